The van der Waals surface area contributed by atoms with Crippen LogP contribution in [-0.2, 0) is 11.2 Å². The van der Waals surface area contributed by atoms with Crippen LogP contribution in [0, 0.1) is 5.92 Å². The van der Waals surface area contributed by atoms with Gasteiger partial charge in [0.1, 0.15) is 0 Å². The lowest BCUT2D eigenvalue weighted by Crippen LogP contribution is -2.39. The average Bonchev–Trinajstić information content (AvgIpc) is 2.99. The number of nitrogens with one attached hydrogen (secondary N) is 2. The number of aliphatic hydroxyl groups is 1. The molecule has 0 aliphatic carbocycles. The third-order valence-electron chi connectivity index (χ3n) is 3.85. The van der Waals surface area contributed by atoms with E-state index >= 15 is 0 Å². The number of benzene rings is 1. The highest BCUT2D eigenvalue weighted by molar-refractivity contribution is 5.76. The summed E-state index contributed by atoms with van der Waals surface area (Å²) in [6.07, 6.45) is 3.33. The van der Waals surface area contributed by atoms with Gasteiger partial charge in [0, 0.05) is 6.42 Å². The lowest BCUT2D eigenvalue weighted by Gasteiger charge is -2.17. The van der Waals surface area contributed by atoms with E-state index in [1.54, 1.807) is 0 Å². The summed E-state index contributed by atoms with van der Waals surface area (Å²) in [4.78, 5) is 11.9. The normalized spacial score (nSPS) is 19.8. The molecule has 110 valence electrons. The van der Waals surface area contributed by atoms with Crippen LogP contribution in [0.5, 0.6) is 0 Å². The van der Waals surface area contributed by atoms with Crippen molar-refractivity contribution in [1.29, 1.82) is 0 Å². The van der Waals surface area contributed by atoms with Gasteiger partial charge in [-0.1, -0.05) is 30.3 Å². The van der Waals surface area contributed by atoms with Crippen molar-refractivity contribution in [2.75, 3.05) is 19.7 Å². The molecule has 1 fully saturated rings. The molecule has 1 aromatic carbocycles. The summed E-state index contributed by atoms with van der Waals surface area (Å²) >= 11 is 0. The van der Waals surface area contributed by atoms with Gasteiger partial charge >= 0.3 is 0 Å². The molecule has 4 heteroatoms. The maximum atomic E-state index is 11.9. The van der Waals surface area contributed by atoms with Crippen molar-refractivity contribution in [2.24, 2.45) is 5.92 Å². The Kier molecular flexibility index (Phi) is 6.02. The van der Waals surface area contributed by atoms with Crippen molar-refractivity contribution < 1.29 is 9.90 Å². The van der Waals surface area contributed by atoms with Crippen molar-refractivity contribution in [2.45, 2.75) is 31.7 Å². The molecule has 2 rings (SSSR count). The second-order valence-electron chi connectivity index (χ2n) is 5.53. The lowest BCUT2D eigenvalue weighted by atomic mass is 10.0. The first-order valence-corrected chi connectivity index (χ1v) is 7.43. The number of aliphatic hydroxyl groups excluding tert-OH is 1. The van der Waals surface area contributed by atoms with Crippen molar-refractivity contribution in [3.05, 3.63) is 35.9 Å². The minimum absolute atomic E-state index is 0.0222. The van der Waals surface area contributed by atoms with E-state index in [0.29, 0.717) is 18.8 Å². The molecule has 0 radical (unpaired) electrons. The van der Waals surface area contributed by atoms with Crippen LogP contribution in [0.4, 0.5) is 0 Å². The second kappa shape index (κ2) is 8.02. The highest BCUT2D eigenvalue weighted by atomic mass is 16.3. The van der Waals surface area contributed by atoms with Crippen LogP contribution in [0.15, 0.2) is 30.3 Å². The zero-order chi connectivity index (χ0) is 14.2. The second-order valence-corrected chi connectivity index (χ2v) is 5.53. The number of hydrogen-bond donors (Lipinski definition) is 3. The zero-order valence-electron chi connectivity index (χ0n) is 11.8. The molecule has 20 heavy (non-hydrogen) atoms. The number of rotatable bonds is 7. The summed E-state index contributed by atoms with van der Waals surface area (Å²) in [5.74, 6) is 0.675. The van der Waals surface area contributed by atoms with E-state index in [1.807, 2.05) is 30.3 Å². The molecule has 2 atom stereocenters. The van der Waals surface area contributed by atoms with Crippen molar-refractivity contribution >= 4 is 5.91 Å². The molecule has 0 saturated carbocycles. The molecular weight excluding hydrogens is 252 g/mol. The fourth-order valence-electron chi connectivity index (χ4n) is 2.66. The zero-order valence-corrected chi connectivity index (χ0v) is 11.8. The molecular formula is C16H24N2O2. The molecule has 1 aliphatic heterocycles. The number of carbonyl (C=O) groups excluding carboxylic acids is 1. The van der Waals surface area contributed by atoms with E-state index in [9.17, 15) is 9.90 Å². The maximum Gasteiger partial charge on any atom is 0.220 e. The lowest BCUT2D eigenvalue weighted by molar-refractivity contribution is -0.122. The number of amides is 1. The summed E-state index contributed by atoms with van der Waals surface area (Å²) < 4.78 is 0. The Balaban J connectivity index is 1.72. The van der Waals surface area contributed by atoms with Gasteiger partial charge < -0.3 is 15.7 Å². The Morgan fingerprint density at radius 2 is 2.20 bits per heavy atom. The smallest absolute Gasteiger partial charge is 0.220 e. The molecule has 1 unspecified atom stereocenters. The van der Waals surface area contributed by atoms with Crippen molar-refractivity contribution in [3.63, 3.8) is 0 Å². The highest BCUT2D eigenvalue weighted by Gasteiger charge is 2.17. The Bertz CT molecular complexity index is 402. The van der Waals surface area contributed by atoms with E-state index in [4.69, 9.17) is 0 Å². The Morgan fingerprint density at radius 1 is 1.40 bits per heavy atom. The molecule has 0 spiro atoms. The van der Waals surface area contributed by atoms with Gasteiger partial charge in [-0.05, 0) is 43.8 Å². The third-order valence-corrected chi connectivity index (χ3v) is 3.85. The Hall–Kier alpha value is -1.39. The molecule has 3 N–H and O–H groups in total. The van der Waals surface area contributed by atoms with Gasteiger partial charge in [-0.2, -0.15) is 0 Å². The van der Waals surface area contributed by atoms with Crippen molar-refractivity contribution in [3.8, 4) is 0 Å². The predicted molar refractivity (Wildman–Crippen MR) is 79.4 cm³/mol. The minimum Gasteiger partial charge on any atom is -0.394 e. The average molecular weight is 276 g/mol. The van der Waals surface area contributed by atoms with Crippen LogP contribution in [0.3, 0.4) is 0 Å². The molecule has 4 nitrogen and oxygen atoms in total. The van der Waals surface area contributed by atoms with Crippen LogP contribution in [0.1, 0.15) is 24.8 Å². The minimum atomic E-state index is -0.188. The van der Waals surface area contributed by atoms with Gasteiger partial charge in [-0.3, -0.25) is 4.79 Å². The molecule has 1 saturated heterocycles. The third kappa shape index (κ3) is 4.94. The Morgan fingerprint density at radius 3 is 2.85 bits per heavy atom. The van der Waals surface area contributed by atoms with Crippen LogP contribution in [0.2, 0.25) is 0 Å². The summed E-state index contributed by atoms with van der Waals surface area (Å²) in [5.41, 5.74) is 1.13. The number of hydrogen-bond acceptors (Lipinski definition) is 3. The largest absolute Gasteiger partial charge is 0.394 e. The summed E-state index contributed by atoms with van der Waals surface area (Å²) in [5, 5.41) is 15.6. The highest BCUT2D eigenvalue weighted by Crippen LogP contribution is 2.14. The van der Waals surface area contributed by atoms with Gasteiger partial charge in [0.15, 0.2) is 0 Å². The standard InChI is InChI=1S/C16H24N2O2/c19-12-15(10-13-4-2-1-3-5-13)18-16(20)7-6-14-8-9-17-11-14/h1-5,14-15,17,19H,6-12H2,(H,18,20)/t14?,15-/m0/s1. The molecule has 1 aliphatic rings. The maximum absolute atomic E-state index is 11.9. The summed E-state index contributed by atoms with van der Waals surface area (Å²) in [6.45, 7) is 2.08. The molecule has 1 aromatic rings. The Labute approximate surface area is 120 Å². The van der Waals surface area contributed by atoms with Gasteiger partial charge in [0.25, 0.3) is 0 Å². The van der Waals surface area contributed by atoms with Gasteiger partial charge in [0.05, 0.1) is 12.6 Å². The monoisotopic (exact) mass is 276 g/mol. The van der Waals surface area contributed by atoms with E-state index in [-0.39, 0.29) is 18.6 Å². The van der Waals surface area contributed by atoms with Crippen LogP contribution >= 0.6 is 0 Å². The quantitative estimate of drug-likeness (QED) is 0.699. The van der Waals surface area contributed by atoms with Gasteiger partial charge in [-0.15, -0.1) is 0 Å². The van der Waals surface area contributed by atoms with Gasteiger partial charge in [-0.25, -0.2) is 0 Å². The SMILES string of the molecule is O=C(CCC1CCNC1)N[C@H](CO)Cc1ccccc1. The summed E-state index contributed by atoms with van der Waals surface area (Å²) in [7, 11) is 0. The van der Waals surface area contributed by atoms with Gasteiger partial charge in [0.2, 0.25) is 5.91 Å². The van der Waals surface area contributed by atoms with E-state index < -0.39 is 0 Å². The fourth-order valence-corrected chi connectivity index (χ4v) is 2.66. The topological polar surface area (TPSA) is 61.4 Å². The van der Waals surface area contributed by atoms with E-state index in [1.165, 1.54) is 6.42 Å². The van der Waals surface area contributed by atoms with Crippen LogP contribution in [-0.4, -0.2) is 36.8 Å². The first kappa shape index (κ1) is 15.0. The molecule has 1 amide bonds. The first-order chi connectivity index (χ1) is 9.78. The fraction of sp³-hybridized carbons (Fsp3) is 0.562. The predicted octanol–water partition coefficient (Wildman–Crippen LogP) is 1.10. The first-order valence-electron chi connectivity index (χ1n) is 7.43. The van der Waals surface area contributed by atoms with Crippen LogP contribution in [0.25, 0.3) is 0 Å². The number of carbonyl (C=O) groups is 1. The van der Waals surface area contributed by atoms with E-state index in [2.05, 4.69) is 10.6 Å². The summed E-state index contributed by atoms with van der Waals surface area (Å²) in [6, 6.07) is 9.74. The molecule has 0 aromatic heterocycles. The van der Waals surface area contributed by atoms with Crippen LogP contribution < -0.4 is 10.6 Å². The van der Waals surface area contributed by atoms with E-state index in [0.717, 1.165) is 25.1 Å². The molecule has 1 heterocycles. The molecule has 0 bridgehead atoms. The van der Waals surface area contributed by atoms with Crippen molar-refractivity contribution in [1.82, 2.24) is 10.6 Å².